The van der Waals surface area contributed by atoms with Gasteiger partial charge in [-0.15, -0.1) is 0 Å². The first-order valence-corrected chi connectivity index (χ1v) is 8.13. The molecule has 2 aromatic rings. The van der Waals surface area contributed by atoms with Crippen molar-refractivity contribution in [3.05, 3.63) is 49.5 Å². The third-order valence-electron chi connectivity index (χ3n) is 4.45. The lowest BCUT2D eigenvalue weighted by Gasteiger charge is -2.19. The Hall–Kier alpha value is -2.64. The third-order valence-corrected chi connectivity index (χ3v) is 4.45. The highest BCUT2D eigenvalue weighted by Crippen LogP contribution is 2.19. The molecule has 0 saturated heterocycles. The lowest BCUT2D eigenvalue weighted by Crippen LogP contribution is -2.41. The van der Waals surface area contributed by atoms with Gasteiger partial charge in [-0.2, -0.15) is 5.10 Å². The van der Waals surface area contributed by atoms with Crippen LogP contribution in [-0.2, 0) is 20.6 Å². The van der Waals surface area contributed by atoms with Crippen LogP contribution in [0.3, 0.4) is 0 Å². The van der Waals surface area contributed by atoms with E-state index in [0.717, 1.165) is 21.5 Å². The van der Waals surface area contributed by atoms with Crippen molar-refractivity contribution in [2.24, 2.45) is 14.1 Å². The SMILES string of the molecule is Cc1nn(C(C)C)c(C)c1CN(C)C(=O)c1cc(=O)n(C)c(=O)n1C. The molecule has 0 saturated carbocycles. The topological polar surface area (TPSA) is 82.1 Å². The van der Waals surface area contributed by atoms with E-state index in [9.17, 15) is 14.4 Å². The summed E-state index contributed by atoms with van der Waals surface area (Å²) in [6.45, 7) is 8.34. The van der Waals surface area contributed by atoms with E-state index in [1.165, 1.54) is 29.6 Å². The van der Waals surface area contributed by atoms with Crippen LogP contribution in [0.5, 0.6) is 0 Å². The number of rotatable bonds is 4. The average Bonchev–Trinajstić information content (AvgIpc) is 2.83. The predicted octanol–water partition coefficient (Wildman–Crippen LogP) is 0.750. The summed E-state index contributed by atoms with van der Waals surface area (Å²) in [5.74, 6) is -0.381. The van der Waals surface area contributed by atoms with Crippen molar-refractivity contribution in [2.45, 2.75) is 40.3 Å². The number of carbonyl (C=O) groups excluding carboxylic acids is 1. The van der Waals surface area contributed by atoms with Gasteiger partial charge in [-0.25, -0.2) is 4.79 Å². The van der Waals surface area contributed by atoms with Crippen LogP contribution < -0.4 is 11.2 Å². The van der Waals surface area contributed by atoms with E-state index >= 15 is 0 Å². The zero-order valence-corrected chi connectivity index (χ0v) is 15.8. The molecule has 1 amide bonds. The molecule has 0 unspecified atom stereocenters. The molecule has 2 heterocycles. The molecule has 0 radical (unpaired) electrons. The number of hydrogen-bond acceptors (Lipinski definition) is 4. The maximum atomic E-state index is 12.7. The minimum atomic E-state index is -0.524. The summed E-state index contributed by atoms with van der Waals surface area (Å²) < 4.78 is 4.09. The maximum absolute atomic E-state index is 12.7. The average molecular weight is 347 g/mol. The fourth-order valence-corrected chi connectivity index (χ4v) is 2.87. The maximum Gasteiger partial charge on any atom is 0.331 e. The summed E-state index contributed by atoms with van der Waals surface area (Å²) in [7, 11) is 4.52. The van der Waals surface area contributed by atoms with E-state index in [0.29, 0.717) is 6.54 Å². The van der Waals surface area contributed by atoms with Gasteiger partial charge in [0.15, 0.2) is 0 Å². The summed E-state index contributed by atoms with van der Waals surface area (Å²) in [6.07, 6.45) is 0. The highest BCUT2D eigenvalue weighted by molar-refractivity contribution is 5.92. The summed E-state index contributed by atoms with van der Waals surface area (Å²) in [5, 5.41) is 4.52. The Morgan fingerprint density at radius 2 is 1.80 bits per heavy atom. The Morgan fingerprint density at radius 3 is 2.32 bits per heavy atom. The van der Waals surface area contributed by atoms with Crippen LogP contribution in [0, 0.1) is 13.8 Å². The minimum Gasteiger partial charge on any atom is -0.336 e. The van der Waals surface area contributed by atoms with Crippen molar-refractivity contribution in [3.8, 4) is 0 Å². The van der Waals surface area contributed by atoms with Crippen molar-refractivity contribution in [1.29, 1.82) is 0 Å². The van der Waals surface area contributed by atoms with Gasteiger partial charge in [-0.3, -0.25) is 23.4 Å². The van der Waals surface area contributed by atoms with Crippen molar-refractivity contribution in [1.82, 2.24) is 23.8 Å². The van der Waals surface area contributed by atoms with Crippen molar-refractivity contribution >= 4 is 5.91 Å². The fourth-order valence-electron chi connectivity index (χ4n) is 2.87. The Morgan fingerprint density at radius 1 is 1.20 bits per heavy atom. The number of aromatic nitrogens is 4. The molecule has 8 nitrogen and oxygen atoms in total. The van der Waals surface area contributed by atoms with E-state index in [-0.39, 0.29) is 17.6 Å². The molecule has 0 aliphatic heterocycles. The van der Waals surface area contributed by atoms with E-state index in [2.05, 4.69) is 5.10 Å². The van der Waals surface area contributed by atoms with Crippen LogP contribution in [0.4, 0.5) is 0 Å². The molecule has 25 heavy (non-hydrogen) atoms. The summed E-state index contributed by atoms with van der Waals surface area (Å²) in [6, 6.07) is 1.42. The van der Waals surface area contributed by atoms with E-state index in [4.69, 9.17) is 0 Å². The largest absolute Gasteiger partial charge is 0.336 e. The Labute approximate surface area is 146 Å². The van der Waals surface area contributed by atoms with Gasteiger partial charge in [0.2, 0.25) is 0 Å². The van der Waals surface area contributed by atoms with E-state index in [1.54, 1.807) is 7.05 Å². The molecule has 2 aromatic heterocycles. The van der Waals surface area contributed by atoms with Gasteiger partial charge in [-0.05, 0) is 27.7 Å². The molecule has 2 rings (SSSR count). The Balaban J connectivity index is 2.37. The van der Waals surface area contributed by atoms with Gasteiger partial charge in [0, 0.05) is 51.1 Å². The molecule has 0 aromatic carbocycles. The Kier molecular flexibility index (Phi) is 5.01. The summed E-state index contributed by atoms with van der Waals surface area (Å²) in [5.41, 5.74) is 1.89. The standard InChI is InChI=1S/C17H25N5O3/c1-10(2)22-12(4)13(11(3)18-22)9-19(5)16(24)14-8-15(23)21(7)17(25)20(14)6/h8,10H,9H2,1-7H3. The molecule has 8 heteroatoms. The normalized spacial score (nSPS) is 11.2. The molecule has 0 atom stereocenters. The quantitative estimate of drug-likeness (QED) is 0.817. The molecular formula is C17H25N5O3. The van der Waals surface area contributed by atoms with Crippen LogP contribution in [0.2, 0.25) is 0 Å². The first kappa shape index (κ1) is 18.7. The van der Waals surface area contributed by atoms with E-state index in [1.807, 2.05) is 32.4 Å². The zero-order valence-electron chi connectivity index (χ0n) is 15.8. The summed E-state index contributed by atoms with van der Waals surface area (Å²) >= 11 is 0. The lowest BCUT2D eigenvalue weighted by molar-refractivity contribution is 0.0773. The molecule has 0 spiro atoms. The monoisotopic (exact) mass is 347 g/mol. The molecule has 0 aliphatic carbocycles. The predicted molar refractivity (Wildman–Crippen MR) is 94.8 cm³/mol. The van der Waals surface area contributed by atoms with E-state index < -0.39 is 11.2 Å². The van der Waals surface area contributed by atoms with Gasteiger partial charge < -0.3 is 4.90 Å². The van der Waals surface area contributed by atoms with Crippen LogP contribution >= 0.6 is 0 Å². The molecule has 136 valence electrons. The van der Waals surface area contributed by atoms with Gasteiger partial charge >= 0.3 is 5.69 Å². The van der Waals surface area contributed by atoms with Gasteiger partial charge in [-0.1, -0.05) is 0 Å². The summed E-state index contributed by atoms with van der Waals surface area (Å²) in [4.78, 5) is 38.1. The van der Waals surface area contributed by atoms with Crippen LogP contribution in [0.25, 0.3) is 0 Å². The van der Waals surface area contributed by atoms with Crippen LogP contribution in [-0.4, -0.2) is 36.8 Å². The van der Waals surface area contributed by atoms with Gasteiger partial charge in [0.05, 0.1) is 5.69 Å². The molecule has 0 bridgehead atoms. The second kappa shape index (κ2) is 6.70. The lowest BCUT2D eigenvalue weighted by atomic mass is 10.1. The second-order valence-electron chi connectivity index (χ2n) is 6.62. The molecule has 0 fully saturated rings. The smallest absolute Gasteiger partial charge is 0.331 e. The number of aryl methyl sites for hydroxylation is 1. The van der Waals surface area contributed by atoms with Crippen LogP contribution in [0.1, 0.15) is 47.3 Å². The molecular weight excluding hydrogens is 322 g/mol. The second-order valence-corrected chi connectivity index (χ2v) is 6.62. The third kappa shape index (κ3) is 3.29. The number of amides is 1. The number of carbonyl (C=O) groups is 1. The number of nitrogens with zero attached hydrogens (tertiary/aromatic N) is 5. The molecule has 0 N–H and O–H groups in total. The zero-order chi connectivity index (χ0) is 19.0. The Bertz CT molecular complexity index is 933. The van der Waals surface area contributed by atoms with Crippen molar-refractivity contribution in [3.63, 3.8) is 0 Å². The highest BCUT2D eigenvalue weighted by Gasteiger charge is 2.21. The minimum absolute atomic E-state index is 0.0714. The molecule has 0 aliphatic rings. The van der Waals surface area contributed by atoms with Crippen molar-refractivity contribution < 1.29 is 4.79 Å². The van der Waals surface area contributed by atoms with Crippen molar-refractivity contribution in [2.75, 3.05) is 7.05 Å². The first-order valence-electron chi connectivity index (χ1n) is 8.13. The van der Waals surface area contributed by atoms with Gasteiger partial charge in [0.1, 0.15) is 5.69 Å². The van der Waals surface area contributed by atoms with Crippen LogP contribution in [0.15, 0.2) is 15.7 Å². The number of hydrogen-bond donors (Lipinski definition) is 0. The fraction of sp³-hybridized carbons (Fsp3) is 0.529. The first-order chi connectivity index (χ1) is 11.6. The highest BCUT2D eigenvalue weighted by atomic mass is 16.2. The van der Waals surface area contributed by atoms with Gasteiger partial charge in [0.25, 0.3) is 11.5 Å².